The lowest BCUT2D eigenvalue weighted by molar-refractivity contribution is 0.0947. The maximum absolute atomic E-state index is 11.6. The predicted molar refractivity (Wildman–Crippen MR) is 63.2 cm³/mol. The fraction of sp³-hybridized carbons (Fsp3) is 0.182. The van der Waals surface area contributed by atoms with Gasteiger partial charge in [-0.1, -0.05) is 6.07 Å². The van der Waals surface area contributed by atoms with Crippen molar-refractivity contribution >= 4 is 11.6 Å². The number of aromatic nitrogens is 3. The lowest BCUT2D eigenvalue weighted by Gasteiger charge is -2.04. The fourth-order valence-electron chi connectivity index (χ4n) is 1.37. The molecule has 0 aromatic carbocycles. The second-order valence-corrected chi connectivity index (χ2v) is 3.51. The molecule has 0 radical (unpaired) electrons. The van der Waals surface area contributed by atoms with E-state index < -0.39 is 0 Å². The summed E-state index contributed by atoms with van der Waals surface area (Å²) in [5, 5.41) is 6.76. The monoisotopic (exact) mass is 231 g/mol. The van der Waals surface area contributed by atoms with Gasteiger partial charge in [0, 0.05) is 18.9 Å². The lowest BCUT2D eigenvalue weighted by Crippen LogP contribution is -2.27. The van der Waals surface area contributed by atoms with E-state index in [-0.39, 0.29) is 5.91 Å². The zero-order valence-corrected chi connectivity index (χ0v) is 9.21. The minimum Gasteiger partial charge on any atom is -0.396 e. The Morgan fingerprint density at radius 2 is 2.35 bits per heavy atom. The van der Waals surface area contributed by atoms with E-state index in [0.717, 1.165) is 0 Å². The number of hydrogen-bond donors (Lipinski definition) is 2. The number of carbonyl (C=O) groups is 1. The predicted octanol–water partition coefficient (Wildman–Crippen LogP) is 0.290. The van der Waals surface area contributed by atoms with Gasteiger partial charge in [0.2, 0.25) is 0 Å². The van der Waals surface area contributed by atoms with Gasteiger partial charge in [0.1, 0.15) is 5.69 Å². The Morgan fingerprint density at radius 1 is 1.47 bits per heavy atom. The van der Waals surface area contributed by atoms with Crippen LogP contribution in [0.25, 0.3) is 0 Å². The molecular weight excluding hydrogens is 218 g/mol. The van der Waals surface area contributed by atoms with Gasteiger partial charge < -0.3 is 11.1 Å². The summed E-state index contributed by atoms with van der Waals surface area (Å²) in [5.41, 5.74) is 6.54. The molecule has 2 aromatic rings. The number of hydrogen-bond acceptors (Lipinski definition) is 4. The summed E-state index contributed by atoms with van der Waals surface area (Å²) in [6, 6.07) is 5.21. The Hall–Kier alpha value is -2.37. The average molecular weight is 231 g/mol. The second-order valence-electron chi connectivity index (χ2n) is 3.51. The third-order valence-electron chi connectivity index (χ3n) is 2.18. The molecule has 0 bridgehead atoms. The first-order valence-electron chi connectivity index (χ1n) is 5.23. The summed E-state index contributed by atoms with van der Waals surface area (Å²) >= 11 is 0. The minimum atomic E-state index is -0.189. The van der Waals surface area contributed by atoms with E-state index in [2.05, 4.69) is 15.4 Å². The molecule has 2 aromatic heterocycles. The van der Waals surface area contributed by atoms with Crippen molar-refractivity contribution in [2.24, 2.45) is 0 Å². The van der Waals surface area contributed by atoms with Crippen LogP contribution >= 0.6 is 0 Å². The van der Waals surface area contributed by atoms with E-state index in [1.807, 2.05) is 0 Å². The van der Waals surface area contributed by atoms with Gasteiger partial charge >= 0.3 is 0 Å². The highest BCUT2D eigenvalue weighted by Gasteiger charge is 2.04. The summed E-state index contributed by atoms with van der Waals surface area (Å²) in [4.78, 5) is 15.6. The highest BCUT2D eigenvalue weighted by atomic mass is 16.1. The zero-order chi connectivity index (χ0) is 12.1. The molecule has 0 saturated carbocycles. The van der Waals surface area contributed by atoms with Gasteiger partial charge in [-0.2, -0.15) is 5.10 Å². The van der Waals surface area contributed by atoms with E-state index in [1.165, 1.54) is 0 Å². The summed E-state index contributed by atoms with van der Waals surface area (Å²) in [5.74, 6) is -0.189. The second kappa shape index (κ2) is 5.11. The van der Waals surface area contributed by atoms with Crippen molar-refractivity contribution in [2.75, 3.05) is 12.3 Å². The molecule has 0 fully saturated rings. The first kappa shape index (κ1) is 11.1. The van der Waals surface area contributed by atoms with Gasteiger partial charge in [-0.05, 0) is 12.1 Å². The van der Waals surface area contributed by atoms with E-state index in [1.54, 1.807) is 41.5 Å². The van der Waals surface area contributed by atoms with Crippen molar-refractivity contribution in [3.8, 4) is 0 Å². The number of anilines is 1. The first-order valence-corrected chi connectivity index (χ1v) is 5.23. The molecule has 0 aliphatic rings. The molecule has 0 spiro atoms. The van der Waals surface area contributed by atoms with E-state index in [4.69, 9.17) is 5.73 Å². The molecule has 17 heavy (non-hydrogen) atoms. The average Bonchev–Trinajstić information content (AvgIpc) is 2.76. The smallest absolute Gasteiger partial charge is 0.269 e. The largest absolute Gasteiger partial charge is 0.396 e. The topological polar surface area (TPSA) is 85.8 Å². The number of amides is 1. The maximum Gasteiger partial charge on any atom is 0.269 e. The third kappa shape index (κ3) is 3.04. The highest BCUT2D eigenvalue weighted by molar-refractivity contribution is 5.92. The molecule has 0 unspecified atom stereocenters. The van der Waals surface area contributed by atoms with Crippen LogP contribution in [-0.4, -0.2) is 27.2 Å². The summed E-state index contributed by atoms with van der Waals surface area (Å²) in [7, 11) is 0. The lowest BCUT2D eigenvalue weighted by atomic mass is 10.3. The SMILES string of the molecule is Nc1cnn(CCNC(=O)c2ccccn2)c1. The molecule has 6 heteroatoms. The molecule has 6 nitrogen and oxygen atoms in total. The normalized spacial score (nSPS) is 10.1. The fourth-order valence-corrected chi connectivity index (χ4v) is 1.37. The van der Waals surface area contributed by atoms with Gasteiger partial charge in [-0.3, -0.25) is 14.5 Å². The Balaban J connectivity index is 1.81. The molecular formula is C11H13N5O. The zero-order valence-electron chi connectivity index (χ0n) is 9.21. The Kier molecular flexibility index (Phi) is 3.34. The van der Waals surface area contributed by atoms with Gasteiger partial charge in [0.25, 0.3) is 5.91 Å². The van der Waals surface area contributed by atoms with Crippen LogP contribution in [-0.2, 0) is 6.54 Å². The van der Waals surface area contributed by atoms with Gasteiger partial charge in [0.05, 0.1) is 18.4 Å². The minimum absolute atomic E-state index is 0.189. The van der Waals surface area contributed by atoms with Crippen LogP contribution in [0.5, 0.6) is 0 Å². The number of carbonyl (C=O) groups excluding carboxylic acids is 1. The molecule has 1 amide bonds. The van der Waals surface area contributed by atoms with Crippen LogP contribution in [0.15, 0.2) is 36.8 Å². The molecule has 3 N–H and O–H groups in total. The molecule has 0 atom stereocenters. The van der Waals surface area contributed by atoms with Crippen LogP contribution < -0.4 is 11.1 Å². The van der Waals surface area contributed by atoms with Crippen molar-refractivity contribution < 1.29 is 4.79 Å². The molecule has 0 saturated heterocycles. The first-order chi connectivity index (χ1) is 8.25. The Labute approximate surface area is 98.5 Å². The Bertz CT molecular complexity index is 494. The summed E-state index contributed by atoms with van der Waals surface area (Å²) in [6.07, 6.45) is 4.87. The molecule has 0 aliphatic carbocycles. The van der Waals surface area contributed by atoms with Gasteiger partial charge in [-0.25, -0.2) is 0 Å². The standard InChI is InChI=1S/C11H13N5O/c12-9-7-15-16(8-9)6-5-14-11(17)10-3-1-2-4-13-10/h1-4,7-8H,5-6,12H2,(H,14,17). The van der Waals surface area contributed by atoms with Crippen LogP contribution in [0.1, 0.15) is 10.5 Å². The van der Waals surface area contributed by atoms with E-state index in [9.17, 15) is 4.79 Å². The number of nitrogens with two attached hydrogens (primary N) is 1. The van der Waals surface area contributed by atoms with Crippen LogP contribution in [0.3, 0.4) is 0 Å². The molecule has 88 valence electrons. The molecule has 2 rings (SSSR count). The van der Waals surface area contributed by atoms with Gasteiger partial charge in [0.15, 0.2) is 0 Å². The van der Waals surface area contributed by atoms with Crippen molar-refractivity contribution in [1.82, 2.24) is 20.1 Å². The number of pyridine rings is 1. The molecule has 0 aliphatic heterocycles. The van der Waals surface area contributed by atoms with Crippen molar-refractivity contribution in [2.45, 2.75) is 6.54 Å². The quantitative estimate of drug-likeness (QED) is 0.792. The van der Waals surface area contributed by atoms with Crippen LogP contribution in [0, 0.1) is 0 Å². The summed E-state index contributed by atoms with van der Waals surface area (Å²) < 4.78 is 1.67. The highest BCUT2D eigenvalue weighted by Crippen LogP contribution is 1.97. The number of rotatable bonds is 4. The van der Waals surface area contributed by atoms with Crippen LogP contribution in [0.4, 0.5) is 5.69 Å². The number of nitrogens with zero attached hydrogens (tertiary/aromatic N) is 3. The number of nitrogen functional groups attached to an aromatic ring is 1. The van der Waals surface area contributed by atoms with E-state index in [0.29, 0.717) is 24.5 Å². The van der Waals surface area contributed by atoms with Gasteiger partial charge in [-0.15, -0.1) is 0 Å². The van der Waals surface area contributed by atoms with Crippen molar-refractivity contribution in [3.05, 3.63) is 42.5 Å². The third-order valence-corrected chi connectivity index (χ3v) is 2.18. The maximum atomic E-state index is 11.6. The van der Waals surface area contributed by atoms with E-state index >= 15 is 0 Å². The molecule has 2 heterocycles. The summed E-state index contributed by atoms with van der Waals surface area (Å²) in [6.45, 7) is 1.06. The number of nitrogens with one attached hydrogen (secondary N) is 1. The van der Waals surface area contributed by atoms with Crippen molar-refractivity contribution in [1.29, 1.82) is 0 Å². The Morgan fingerprint density at radius 3 is 3.00 bits per heavy atom. The van der Waals surface area contributed by atoms with Crippen molar-refractivity contribution in [3.63, 3.8) is 0 Å². The van der Waals surface area contributed by atoms with Crippen LogP contribution in [0.2, 0.25) is 0 Å².